The number of thiol groups is 4. The Labute approximate surface area is 269 Å². The van der Waals surface area contributed by atoms with Gasteiger partial charge in [0.2, 0.25) is 0 Å². The minimum absolute atomic E-state index is 0.0175. The Balaban J connectivity index is 1.59. The van der Waals surface area contributed by atoms with Crippen molar-refractivity contribution in [3.8, 4) is 0 Å². The summed E-state index contributed by atoms with van der Waals surface area (Å²) in [4.78, 5) is 38.5. The highest BCUT2D eigenvalue weighted by Gasteiger charge is 2.80. The van der Waals surface area contributed by atoms with Gasteiger partial charge in [-0.15, -0.1) is 21.0 Å². The van der Waals surface area contributed by atoms with Crippen molar-refractivity contribution in [2.75, 3.05) is 12.4 Å². The number of ether oxygens (including phenoxy) is 2. The Kier molecular flexibility index (Phi) is 10.4. The number of thioether (sulfide) groups is 1. The van der Waals surface area contributed by atoms with Crippen LogP contribution < -0.4 is 0 Å². The minimum Gasteiger partial charge on any atom is -0.460 e. The zero-order valence-corrected chi connectivity index (χ0v) is 28.4. The Morgan fingerprint density at radius 2 is 2.12 bits per heavy atom. The first kappa shape index (κ1) is 33.0. The van der Waals surface area contributed by atoms with Gasteiger partial charge in [-0.25, -0.2) is 4.79 Å². The maximum atomic E-state index is 13.4. The molecule has 1 aromatic carbocycles. The number of aliphatic hydroxyl groups is 1. The summed E-state index contributed by atoms with van der Waals surface area (Å²) in [6.45, 7) is 1.89. The second-order valence-electron chi connectivity index (χ2n) is 11.4. The van der Waals surface area contributed by atoms with E-state index in [1.54, 1.807) is 0 Å². The molecule has 40 heavy (non-hydrogen) atoms. The fraction of sp³-hybridized carbons (Fsp3) is 0.630. The monoisotopic (exact) mass is 678 g/mol. The van der Waals surface area contributed by atoms with E-state index in [4.69, 9.17) is 46.9 Å². The van der Waals surface area contributed by atoms with Gasteiger partial charge in [0.15, 0.2) is 0 Å². The van der Waals surface area contributed by atoms with E-state index >= 15 is 0 Å². The van der Waals surface area contributed by atoms with Gasteiger partial charge in [-0.1, -0.05) is 43.9 Å². The molecule has 5 unspecified atom stereocenters. The Morgan fingerprint density at radius 3 is 2.75 bits per heavy atom. The average Bonchev–Trinajstić information content (AvgIpc) is 3.10. The van der Waals surface area contributed by atoms with Gasteiger partial charge >= 0.3 is 11.3 Å². The summed E-state index contributed by atoms with van der Waals surface area (Å²) >= 11 is 25.0. The number of benzene rings is 1. The lowest BCUT2D eigenvalue weighted by Gasteiger charge is -2.68. The molecule has 4 rings (SSSR count). The molecule has 13 heteroatoms. The van der Waals surface area contributed by atoms with Crippen LogP contribution in [0.4, 0.5) is 4.79 Å². The molecule has 0 amide bonds. The topological polar surface area (TPSA) is 89.9 Å². The summed E-state index contributed by atoms with van der Waals surface area (Å²) in [7, 11) is 2.92. The number of carbonyl (C=O) groups excluding carboxylic acids is 3. The lowest BCUT2D eigenvalue weighted by molar-refractivity contribution is -0.187. The number of hydrogen-bond acceptors (Lipinski definition) is 11. The van der Waals surface area contributed by atoms with Crippen LogP contribution in [-0.4, -0.2) is 66.4 Å². The normalized spacial score (nSPS) is 33.6. The first-order valence-corrected chi connectivity index (χ1v) is 17.0. The zero-order valence-electron chi connectivity index (χ0n) is 22.0. The molecule has 220 valence electrons. The molecule has 2 bridgehead atoms. The summed E-state index contributed by atoms with van der Waals surface area (Å²) in [5.41, 5.74) is 0.339. The lowest BCUT2D eigenvalue weighted by atomic mass is 9.37. The summed E-state index contributed by atoms with van der Waals surface area (Å²) < 4.78 is 9.12. The van der Waals surface area contributed by atoms with E-state index < -0.39 is 32.3 Å². The second kappa shape index (κ2) is 12.6. The molecule has 0 aromatic heterocycles. The highest BCUT2D eigenvalue weighted by Crippen LogP contribution is 2.79. The SMILES string of the molecule is C[C@H](P)C12CCC(=O)C3(CC(S)[C@@](S)([C@@H](C[C@@](S)(C=S)CO)OC(=O)CSc4cccc(COC(=O)S)c4)C31)C2. The molecular formula is C27H35O6PS6. The van der Waals surface area contributed by atoms with Crippen LogP contribution >= 0.6 is 83.7 Å². The van der Waals surface area contributed by atoms with Gasteiger partial charge in [-0.3, -0.25) is 9.59 Å². The quantitative estimate of drug-likeness (QED) is 0.0670. The molecular weight excluding hydrogens is 644 g/mol. The number of esters is 1. The highest BCUT2D eigenvalue weighted by atomic mass is 32.2. The molecule has 1 aromatic rings. The van der Waals surface area contributed by atoms with Gasteiger partial charge in [0, 0.05) is 28.4 Å². The number of aliphatic hydroxyl groups excluding tert-OH is 1. The fourth-order valence-corrected chi connectivity index (χ4v) is 10.3. The Bertz CT molecular complexity index is 1190. The van der Waals surface area contributed by atoms with Crippen LogP contribution in [0, 0.1) is 16.7 Å². The van der Waals surface area contributed by atoms with Crippen LogP contribution in [0.3, 0.4) is 0 Å². The van der Waals surface area contributed by atoms with Crippen molar-refractivity contribution >= 4 is 106 Å². The molecule has 1 N–H and O–H groups in total. The third kappa shape index (κ3) is 5.91. The smallest absolute Gasteiger partial charge is 0.364 e. The molecule has 6 nitrogen and oxygen atoms in total. The van der Waals surface area contributed by atoms with Crippen LogP contribution in [0.15, 0.2) is 29.2 Å². The van der Waals surface area contributed by atoms with Crippen molar-refractivity contribution in [1.29, 1.82) is 0 Å². The maximum Gasteiger partial charge on any atom is 0.364 e. The second-order valence-corrected chi connectivity index (χ2v) is 16.3. The van der Waals surface area contributed by atoms with Crippen molar-refractivity contribution in [2.45, 2.75) is 77.0 Å². The molecule has 3 fully saturated rings. The van der Waals surface area contributed by atoms with Crippen LogP contribution in [0.1, 0.15) is 44.6 Å². The van der Waals surface area contributed by atoms with Crippen molar-refractivity contribution in [3.05, 3.63) is 29.8 Å². The molecule has 3 aliphatic carbocycles. The number of thiocarbonyl (C=S) groups is 1. The molecule has 3 saturated carbocycles. The van der Waals surface area contributed by atoms with Crippen molar-refractivity contribution in [3.63, 3.8) is 0 Å². The number of carbonyl (C=O) groups is 3. The van der Waals surface area contributed by atoms with E-state index in [-0.39, 0.29) is 53.4 Å². The zero-order chi connectivity index (χ0) is 29.5. The molecule has 0 saturated heterocycles. The van der Waals surface area contributed by atoms with Crippen molar-refractivity contribution in [1.82, 2.24) is 0 Å². The van der Waals surface area contributed by atoms with E-state index in [0.717, 1.165) is 23.3 Å². The van der Waals surface area contributed by atoms with Crippen LogP contribution in [0.5, 0.6) is 0 Å². The number of Topliss-reactive ketones (excluding diaryl/α,β-unsaturated/α-hetero) is 1. The predicted molar refractivity (Wildman–Crippen MR) is 179 cm³/mol. The minimum atomic E-state index is -1.09. The van der Waals surface area contributed by atoms with Gasteiger partial charge in [0.1, 0.15) is 18.5 Å². The van der Waals surface area contributed by atoms with E-state index in [1.807, 2.05) is 24.3 Å². The fourth-order valence-electron chi connectivity index (χ4n) is 7.23. The van der Waals surface area contributed by atoms with Gasteiger partial charge < -0.3 is 14.6 Å². The van der Waals surface area contributed by atoms with Gasteiger partial charge in [0.25, 0.3) is 0 Å². The Morgan fingerprint density at radius 1 is 1.40 bits per heavy atom. The van der Waals surface area contributed by atoms with Crippen molar-refractivity contribution in [2.24, 2.45) is 16.7 Å². The Hall–Kier alpha value is 0.0600. The van der Waals surface area contributed by atoms with E-state index in [1.165, 1.54) is 17.1 Å². The maximum absolute atomic E-state index is 13.4. The number of hydrogen-bond donors (Lipinski definition) is 5. The van der Waals surface area contributed by atoms with Gasteiger partial charge in [0.05, 0.1) is 21.9 Å². The largest absolute Gasteiger partial charge is 0.460 e. The molecule has 0 heterocycles. The lowest BCUT2D eigenvalue weighted by Crippen LogP contribution is -2.71. The molecule has 0 aliphatic heterocycles. The van der Waals surface area contributed by atoms with Crippen LogP contribution in [0.2, 0.25) is 0 Å². The average molecular weight is 679 g/mol. The third-order valence-corrected chi connectivity index (χ3v) is 13.6. The first-order valence-electron chi connectivity index (χ1n) is 13.0. The summed E-state index contributed by atoms with van der Waals surface area (Å²) in [5.74, 6) is -0.328. The van der Waals surface area contributed by atoms with E-state index in [0.29, 0.717) is 12.8 Å². The number of ketones is 1. The van der Waals surface area contributed by atoms with Gasteiger partial charge in [-0.05, 0) is 59.3 Å². The predicted octanol–water partition coefficient (Wildman–Crippen LogP) is 5.30. The molecule has 0 spiro atoms. The standard InChI is InChI=1S/C27H35O6PS6/c1-15(34)25-6-5-18(29)26(12-25)9-20(36)27(39,22(25)26)19(8-24(38,13-28)14-35)33-21(30)11-40-17-4-2-3-16(7-17)10-32-23(31)37/h2-4,7,14-15,19-20,22,28,36,38-39H,5-6,8-13,34H2,1H3,(H,31,37)/t15-,19+,20?,22?,24-,25?,26?,27-/m0/s1. The van der Waals surface area contributed by atoms with Crippen molar-refractivity contribution < 1.29 is 29.0 Å². The van der Waals surface area contributed by atoms with Crippen LogP contribution in [-0.2, 0) is 25.7 Å². The molecule has 0 radical (unpaired) electrons. The molecule has 3 aliphatic rings. The summed E-state index contributed by atoms with van der Waals surface area (Å²) in [6.07, 6.45) is 2.02. The van der Waals surface area contributed by atoms with E-state index in [2.05, 4.69) is 41.4 Å². The van der Waals surface area contributed by atoms with Gasteiger partial charge in [-0.2, -0.15) is 37.9 Å². The first-order chi connectivity index (χ1) is 18.8. The molecule has 9 atom stereocenters. The summed E-state index contributed by atoms with van der Waals surface area (Å²) in [6, 6.07) is 7.32. The highest BCUT2D eigenvalue weighted by molar-refractivity contribution is 8.00. The van der Waals surface area contributed by atoms with E-state index in [9.17, 15) is 19.5 Å². The third-order valence-electron chi connectivity index (χ3n) is 9.04. The number of rotatable bonds is 12. The van der Waals surface area contributed by atoms with Crippen LogP contribution in [0.25, 0.3) is 0 Å². The summed E-state index contributed by atoms with van der Waals surface area (Å²) in [5, 5.41) is 10.5.